The minimum atomic E-state index is 0. The molecule has 0 saturated carbocycles. The van der Waals surface area contributed by atoms with Gasteiger partial charge in [0.05, 0.1) is 5.76 Å². The van der Waals surface area contributed by atoms with Crippen molar-refractivity contribution >= 4 is 0 Å². The van der Waals surface area contributed by atoms with Gasteiger partial charge in [-0.25, -0.2) is 0 Å². The molecular weight excluding hydrogens is 446 g/mol. The van der Waals surface area contributed by atoms with Crippen LogP contribution in [-0.2, 0) is 0 Å². The van der Waals surface area contributed by atoms with Crippen molar-refractivity contribution in [3.05, 3.63) is 60.4 Å². The molecular formula is C16H25OU-. The molecule has 0 fully saturated rings. The Kier molecular flexibility index (Phi) is 23.8. The Balaban J connectivity index is -0.000000189. The van der Waals surface area contributed by atoms with Gasteiger partial charge >= 0.3 is 0 Å². The van der Waals surface area contributed by atoms with Gasteiger partial charge in [-0.05, 0) is 26.7 Å². The first kappa shape index (κ1) is 22.7. The largest absolute Gasteiger partial charge is 0.513 e. The van der Waals surface area contributed by atoms with Gasteiger partial charge in [0, 0.05) is 31.1 Å². The number of allylic oxidation sites excluding steroid dienone is 3. The number of aliphatic hydroxyl groups is 1. The summed E-state index contributed by atoms with van der Waals surface area (Å²) in [5.74, 6) is 0.167. The molecule has 0 spiro atoms. The minimum absolute atomic E-state index is 0. The molecule has 0 saturated heterocycles. The first-order valence-corrected chi connectivity index (χ1v) is 5.95. The molecule has 0 amide bonds. The normalized spacial score (nSPS) is 8.78. The average molecular weight is 471 g/mol. The Labute approximate surface area is 136 Å². The summed E-state index contributed by atoms with van der Waals surface area (Å²) in [5.41, 5.74) is 1.50. The van der Waals surface area contributed by atoms with E-state index in [1.54, 1.807) is 0 Å². The van der Waals surface area contributed by atoms with Crippen LogP contribution in [-0.4, -0.2) is 5.11 Å². The summed E-state index contributed by atoms with van der Waals surface area (Å²) >= 11 is 0. The van der Waals surface area contributed by atoms with Gasteiger partial charge in [0.15, 0.2) is 0 Å². The van der Waals surface area contributed by atoms with Gasteiger partial charge in [0.25, 0.3) is 0 Å². The van der Waals surface area contributed by atoms with E-state index in [1.165, 1.54) is 25.3 Å². The van der Waals surface area contributed by atoms with Crippen LogP contribution in [0.5, 0.6) is 0 Å². The van der Waals surface area contributed by atoms with Crippen molar-refractivity contribution < 1.29 is 36.2 Å². The third-order valence-corrected chi connectivity index (χ3v) is 1.72. The van der Waals surface area contributed by atoms with E-state index in [4.69, 9.17) is 5.11 Å². The van der Waals surface area contributed by atoms with Crippen molar-refractivity contribution in [3.8, 4) is 0 Å². The monoisotopic (exact) mass is 471 g/mol. The molecule has 0 aromatic heterocycles. The van der Waals surface area contributed by atoms with Crippen molar-refractivity contribution in [1.29, 1.82) is 0 Å². The van der Waals surface area contributed by atoms with E-state index < -0.39 is 0 Å². The van der Waals surface area contributed by atoms with Crippen molar-refractivity contribution in [2.75, 3.05) is 0 Å². The minimum Gasteiger partial charge on any atom is -0.513 e. The van der Waals surface area contributed by atoms with E-state index in [0.717, 1.165) is 0 Å². The standard InChI is InChI=1S/C7H14.C6H5.C3H6O.U/c1-4-6-7(3)5-2;1-2-4-6-5-3-1;1-3(2)4;/h6H,4-5H2,1-3H3;1-5H;4H,1H2,2H3;/q;-1;;/b7-6-;;;. The second-order valence-electron chi connectivity index (χ2n) is 3.62. The van der Waals surface area contributed by atoms with Crippen LogP contribution in [0.3, 0.4) is 0 Å². The van der Waals surface area contributed by atoms with Crippen LogP contribution in [0.1, 0.15) is 40.5 Å². The number of aliphatic hydroxyl groups excluding tert-OH is 1. The van der Waals surface area contributed by atoms with Gasteiger partial charge in [-0.2, -0.15) is 36.4 Å². The van der Waals surface area contributed by atoms with Gasteiger partial charge in [-0.1, -0.05) is 32.1 Å². The molecule has 1 aromatic rings. The molecule has 18 heavy (non-hydrogen) atoms. The van der Waals surface area contributed by atoms with Gasteiger partial charge in [-0.3, -0.25) is 0 Å². The predicted octanol–water partition coefficient (Wildman–Crippen LogP) is 5.32. The zero-order valence-electron chi connectivity index (χ0n) is 12.0. The van der Waals surface area contributed by atoms with Crippen molar-refractivity contribution in [2.45, 2.75) is 40.5 Å². The molecule has 1 N–H and O–H groups in total. The zero-order valence-corrected chi connectivity index (χ0v) is 16.2. The smallest absolute Gasteiger partial charge is 0.0820 e. The van der Waals surface area contributed by atoms with E-state index >= 15 is 0 Å². The fraction of sp³-hybridized carbons (Fsp3) is 0.375. The van der Waals surface area contributed by atoms with E-state index in [9.17, 15) is 0 Å². The van der Waals surface area contributed by atoms with Crippen LogP contribution in [0.2, 0.25) is 0 Å². The third kappa shape index (κ3) is 29.6. The van der Waals surface area contributed by atoms with E-state index in [-0.39, 0.29) is 36.9 Å². The summed E-state index contributed by atoms with van der Waals surface area (Å²) in [4.78, 5) is 0. The van der Waals surface area contributed by atoms with Crippen LogP contribution in [0.4, 0.5) is 0 Å². The van der Waals surface area contributed by atoms with Gasteiger partial charge in [-0.15, -0.1) is 0 Å². The summed E-state index contributed by atoms with van der Waals surface area (Å²) in [5, 5.41) is 7.86. The fourth-order valence-corrected chi connectivity index (χ4v) is 0.835. The van der Waals surface area contributed by atoms with Gasteiger partial charge < -0.3 is 5.11 Å². The molecule has 0 atom stereocenters. The molecule has 0 unspecified atom stereocenters. The maximum Gasteiger partial charge on any atom is 0.0820 e. The molecule has 0 radical (unpaired) electrons. The predicted molar refractivity (Wildman–Crippen MR) is 77.1 cm³/mol. The summed E-state index contributed by atoms with van der Waals surface area (Å²) in [6, 6.07) is 12.5. The summed E-state index contributed by atoms with van der Waals surface area (Å²) in [7, 11) is 0. The van der Waals surface area contributed by atoms with E-state index in [1.807, 2.05) is 30.3 Å². The number of hydrogen-bond donors (Lipinski definition) is 1. The van der Waals surface area contributed by atoms with Crippen LogP contribution < -0.4 is 0 Å². The molecule has 1 nitrogen and oxygen atoms in total. The summed E-state index contributed by atoms with van der Waals surface area (Å²) in [6.07, 6.45) is 4.65. The second-order valence-corrected chi connectivity index (χ2v) is 3.62. The number of benzene rings is 1. The number of hydrogen-bond acceptors (Lipinski definition) is 1. The fourth-order valence-electron chi connectivity index (χ4n) is 0.835. The van der Waals surface area contributed by atoms with Gasteiger partial charge in [0.2, 0.25) is 0 Å². The van der Waals surface area contributed by atoms with Crippen molar-refractivity contribution in [2.24, 2.45) is 0 Å². The summed E-state index contributed by atoms with van der Waals surface area (Å²) < 4.78 is 0. The number of rotatable bonds is 2. The Morgan fingerprint density at radius 2 is 1.61 bits per heavy atom. The molecule has 1 aromatic carbocycles. The van der Waals surface area contributed by atoms with Crippen LogP contribution in [0, 0.1) is 37.2 Å². The zero-order chi connectivity index (χ0) is 13.5. The van der Waals surface area contributed by atoms with Crippen LogP contribution >= 0.6 is 0 Å². The van der Waals surface area contributed by atoms with Crippen LogP contribution in [0.15, 0.2) is 54.3 Å². The van der Waals surface area contributed by atoms with Crippen LogP contribution in [0.25, 0.3) is 0 Å². The average Bonchev–Trinajstić information content (AvgIpc) is 2.31. The Morgan fingerprint density at radius 3 is 1.72 bits per heavy atom. The van der Waals surface area contributed by atoms with E-state index in [2.05, 4.69) is 39.5 Å². The maximum absolute atomic E-state index is 7.86. The molecule has 0 aliphatic heterocycles. The maximum atomic E-state index is 7.86. The molecule has 0 aliphatic rings. The molecule has 0 heterocycles. The first-order chi connectivity index (χ1) is 8.04. The molecule has 1 rings (SSSR count). The van der Waals surface area contributed by atoms with Gasteiger partial charge in [0.1, 0.15) is 0 Å². The first-order valence-electron chi connectivity index (χ1n) is 5.95. The molecule has 2 heteroatoms. The molecule has 100 valence electrons. The van der Waals surface area contributed by atoms with Crippen molar-refractivity contribution in [1.82, 2.24) is 0 Å². The topological polar surface area (TPSA) is 20.2 Å². The molecule has 0 bridgehead atoms. The quantitative estimate of drug-likeness (QED) is 0.352. The SMILES string of the molecule is C=C(C)O.CC/C=C(/C)CC.[U].[c-]1ccccc1. The second kappa shape index (κ2) is 18.9. The van der Waals surface area contributed by atoms with E-state index in [0.29, 0.717) is 0 Å². The Hall–Kier alpha value is -0.448. The Morgan fingerprint density at radius 1 is 1.17 bits per heavy atom. The molecule has 0 aliphatic carbocycles. The Bertz CT molecular complexity index is 261. The third-order valence-electron chi connectivity index (χ3n) is 1.72. The van der Waals surface area contributed by atoms with Crippen molar-refractivity contribution in [3.63, 3.8) is 0 Å². The summed E-state index contributed by atoms with van der Waals surface area (Å²) in [6.45, 7) is 11.2.